The largest absolute Gasteiger partial charge is 0.698 e. The monoisotopic (exact) mass is 621 g/mol. The highest BCUT2D eigenvalue weighted by Gasteiger charge is 2.28. The zero-order chi connectivity index (χ0) is 32.2. The van der Waals surface area contributed by atoms with Crippen LogP contribution in [-0.4, -0.2) is 35.0 Å². The first-order valence-corrected chi connectivity index (χ1v) is 16.7. The minimum atomic E-state index is -2.67. The summed E-state index contributed by atoms with van der Waals surface area (Å²) in [6.07, 6.45) is 13.7. The Kier molecular flexibility index (Phi) is 10.7. The number of benzene rings is 2. The number of phenolic OH excluding ortho intramolecular Hbond substituents is 2. The van der Waals surface area contributed by atoms with Gasteiger partial charge in [0.1, 0.15) is 11.5 Å². The van der Waals surface area contributed by atoms with Crippen molar-refractivity contribution in [3.8, 4) is 11.5 Å². The highest BCUT2D eigenvalue weighted by Crippen LogP contribution is 2.42. The number of aromatic hydroxyl groups is 2. The van der Waals surface area contributed by atoms with E-state index in [9.17, 15) is 24.4 Å². The molecule has 2 aliphatic rings. The van der Waals surface area contributed by atoms with Gasteiger partial charge in [-0.05, 0) is 120 Å². The molecule has 0 unspecified atom stereocenters. The van der Waals surface area contributed by atoms with Gasteiger partial charge in [-0.25, -0.2) is 0 Å². The molecular weight excluding hydrogens is 575 g/mol. The number of carbonyl (C=O) groups is 2. The van der Waals surface area contributed by atoms with E-state index in [1.54, 1.807) is 12.2 Å². The SMILES string of the molecule is CC(C)(C)c1cc(/C=C/C(=O)CO[P+](=O)OCC(=O)/C=C/c2cc(C(C)(C)C)c(O)c3c2CCCC3)c2c(c1O)CCCC2. The molecule has 2 aromatic carbocycles. The van der Waals surface area contributed by atoms with Crippen molar-refractivity contribution in [3.63, 3.8) is 0 Å². The molecule has 4 rings (SSSR count). The lowest BCUT2D eigenvalue weighted by atomic mass is 9.79. The number of hydrogen-bond donors (Lipinski definition) is 2. The first kappa shape index (κ1) is 33.8. The van der Waals surface area contributed by atoms with Crippen molar-refractivity contribution in [1.29, 1.82) is 0 Å². The maximum atomic E-state index is 12.5. The zero-order valence-corrected chi connectivity index (χ0v) is 27.8. The van der Waals surface area contributed by atoms with Gasteiger partial charge < -0.3 is 10.2 Å². The van der Waals surface area contributed by atoms with Gasteiger partial charge in [0.2, 0.25) is 0 Å². The Morgan fingerprint density at radius 2 is 1.02 bits per heavy atom. The molecule has 0 amide bonds. The summed E-state index contributed by atoms with van der Waals surface area (Å²) in [5, 5.41) is 21.8. The fourth-order valence-electron chi connectivity index (χ4n) is 6.09. The molecule has 2 N–H and O–H groups in total. The highest BCUT2D eigenvalue weighted by molar-refractivity contribution is 7.33. The van der Waals surface area contributed by atoms with Crippen LogP contribution in [0, 0.1) is 0 Å². The van der Waals surface area contributed by atoms with E-state index >= 15 is 0 Å². The lowest BCUT2D eigenvalue weighted by molar-refractivity contribution is -0.116. The number of ketones is 2. The lowest BCUT2D eigenvalue weighted by Gasteiger charge is -2.27. The normalized spacial score (nSPS) is 15.4. The summed E-state index contributed by atoms with van der Waals surface area (Å²) in [7, 11) is -2.67. The molecule has 0 spiro atoms. The van der Waals surface area contributed by atoms with Crippen molar-refractivity contribution >= 4 is 32.0 Å². The minimum absolute atomic E-state index is 0.257. The quantitative estimate of drug-likeness (QED) is 0.204. The smallest absolute Gasteiger partial charge is 0.507 e. The van der Waals surface area contributed by atoms with E-state index in [1.807, 2.05) is 53.7 Å². The Labute approximate surface area is 262 Å². The first-order chi connectivity index (χ1) is 20.7. The summed E-state index contributed by atoms with van der Waals surface area (Å²) in [6.45, 7) is 11.4. The van der Waals surface area contributed by atoms with Crippen LogP contribution in [0.3, 0.4) is 0 Å². The highest BCUT2D eigenvalue weighted by atomic mass is 31.1. The third kappa shape index (κ3) is 8.12. The Morgan fingerprint density at radius 1 is 0.682 bits per heavy atom. The minimum Gasteiger partial charge on any atom is -0.507 e. The van der Waals surface area contributed by atoms with Gasteiger partial charge in [0.25, 0.3) is 0 Å². The molecule has 0 saturated heterocycles. The second-order valence-electron chi connectivity index (χ2n) is 13.9. The Morgan fingerprint density at radius 3 is 1.36 bits per heavy atom. The van der Waals surface area contributed by atoms with Crippen molar-refractivity contribution in [2.24, 2.45) is 0 Å². The molecule has 2 aliphatic carbocycles. The Balaban J connectivity index is 1.34. The zero-order valence-electron chi connectivity index (χ0n) is 26.9. The van der Waals surface area contributed by atoms with E-state index in [2.05, 4.69) is 0 Å². The van der Waals surface area contributed by atoms with E-state index in [1.165, 1.54) is 12.2 Å². The molecule has 0 aromatic heterocycles. The summed E-state index contributed by atoms with van der Waals surface area (Å²) in [4.78, 5) is 25.1. The molecular formula is C36H46O7P+. The van der Waals surface area contributed by atoms with Crippen LogP contribution in [0.4, 0.5) is 0 Å². The fourth-order valence-corrected chi connectivity index (χ4v) is 6.63. The second-order valence-corrected chi connectivity index (χ2v) is 14.9. The summed E-state index contributed by atoms with van der Waals surface area (Å²) in [6, 6.07) is 3.90. The molecule has 0 radical (unpaired) electrons. The maximum absolute atomic E-state index is 12.5. The molecule has 44 heavy (non-hydrogen) atoms. The average molecular weight is 622 g/mol. The standard InChI is InChI=1S/C36H45O7P/c1-35(2,3)31-19-23(27-11-7-9-13-29(27)33(31)39)15-17-25(37)21-42-44(41)43-22-26(38)18-16-24-20-32(36(4,5)6)34(40)30-14-10-8-12-28(24)30/h15-20H,7-14,21-22H2,1-6H3,(H-,37,38,39,40)/p+1. The molecule has 0 saturated carbocycles. The number of phenols is 2. The predicted molar refractivity (Wildman–Crippen MR) is 174 cm³/mol. The van der Waals surface area contributed by atoms with E-state index in [-0.39, 0.29) is 22.4 Å². The molecule has 0 atom stereocenters. The van der Waals surface area contributed by atoms with Crippen LogP contribution in [0.25, 0.3) is 12.2 Å². The molecule has 0 heterocycles. The van der Waals surface area contributed by atoms with Crippen molar-refractivity contribution in [2.45, 2.75) is 104 Å². The second kappa shape index (κ2) is 13.9. The van der Waals surface area contributed by atoms with Crippen molar-refractivity contribution in [1.82, 2.24) is 0 Å². The van der Waals surface area contributed by atoms with Crippen molar-refractivity contribution in [2.75, 3.05) is 13.2 Å². The Bertz CT molecular complexity index is 1390. The summed E-state index contributed by atoms with van der Waals surface area (Å²) >= 11 is 0. The van der Waals surface area contributed by atoms with Gasteiger partial charge in [-0.15, -0.1) is 9.05 Å². The van der Waals surface area contributed by atoms with Crippen LogP contribution in [0.15, 0.2) is 24.3 Å². The van der Waals surface area contributed by atoms with Gasteiger partial charge in [-0.2, -0.15) is 0 Å². The third-order valence-corrected chi connectivity index (χ3v) is 9.13. The summed E-state index contributed by atoms with van der Waals surface area (Å²) < 4.78 is 22.5. The molecule has 0 fully saturated rings. The van der Waals surface area contributed by atoms with Gasteiger partial charge in [0.15, 0.2) is 24.8 Å². The number of hydrogen-bond acceptors (Lipinski definition) is 7. The average Bonchev–Trinajstić information content (AvgIpc) is 2.97. The first-order valence-electron chi connectivity index (χ1n) is 15.6. The number of rotatable bonds is 10. The molecule has 2 aromatic rings. The summed E-state index contributed by atoms with van der Waals surface area (Å²) in [5.41, 5.74) is 7.03. The Hall–Kier alpha value is -3.12. The lowest BCUT2D eigenvalue weighted by Crippen LogP contribution is -2.15. The molecule has 8 heteroatoms. The van der Waals surface area contributed by atoms with Crippen LogP contribution < -0.4 is 0 Å². The van der Waals surface area contributed by atoms with Crippen LogP contribution >= 0.6 is 8.25 Å². The molecule has 0 aliphatic heterocycles. The predicted octanol–water partition coefficient (Wildman–Crippen LogP) is 8.01. The summed E-state index contributed by atoms with van der Waals surface area (Å²) in [5.74, 6) is -0.0565. The number of carbonyl (C=O) groups excluding carboxylic acids is 2. The topological polar surface area (TPSA) is 110 Å². The van der Waals surface area contributed by atoms with Crippen LogP contribution in [-0.2, 0) is 59.7 Å². The van der Waals surface area contributed by atoms with Crippen LogP contribution in [0.1, 0.15) is 112 Å². The van der Waals surface area contributed by atoms with Gasteiger partial charge in [-0.3, -0.25) is 9.59 Å². The van der Waals surface area contributed by atoms with E-state index in [4.69, 9.17) is 9.05 Å². The molecule has 7 nitrogen and oxygen atoms in total. The van der Waals surface area contributed by atoms with Crippen molar-refractivity contribution < 1.29 is 33.4 Å². The maximum Gasteiger partial charge on any atom is 0.698 e. The fraction of sp³-hybridized carbons (Fsp3) is 0.500. The van der Waals surface area contributed by atoms with E-state index in [0.29, 0.717) is 11.5 Å². The number of fused-ring (bicyclic) bond motifs is 2. The van der Waals surface area contributed by atoms with Crippen LogP contribution in [0.2, 0.25) is 0 Å². The van der Waals surface area contributed by atoms with Gasteiger partial charge in [-0.1, -0.05) is 53.7 Å². The molecule has 0 bridgehead atoms. The van der Waals surface area contributed by atoms with Crippen LogP contribution in [0.5, 0.6) is 11.5 Å². The third-order valence-electron chi connectivity index (χ3n) is 8.45. The van der Waals surface area contributed by atoms with Gasteiger partial charge in [0.05, 0.1) is 0 Å². The van der Waals surface area contributed by atoms with E-state index < -0.39 is 21.5 Å². The molecule has 236 valence electrons. The van der Waals surface area contributed by atoms with Gasteiger partial charge in [0, 0.05) is 15.7 Å². The van der Waals surface area contributed by atoms with E-state index in [0.717, 1.165) is 95.9 Å². The van der Waals surface area contributed by atoms with Crippen molar-refractivity contribution in [3.05, 3.63) is 68.8 Å². The van der Waals surface area contributed by atoms with Gasteiger partial charge >= 0.3 is 8.25 Å².